The number of furan rings is 1. The average Bonchev–Trinajstić information content (AvgIpc) is 3.68. The first-order valence-electron chi connectivity index (χ1n) is 13.8. The van der Waals surface area contributed by atoms with Gasteiger partial charge in [0.25, 0.3) is 0 Å². The summed E-state index contributed by atoms with van der Waals surface area (Å²) in [5, 5.41) is 9.40. The van der Waals surface area contributed by atoms with Gasteiger partial charge in [-0.1, -0.05) is 61.0 Å². The van der Waals surface area contributed by atoms with Crippen molar-refractivity contribution in [1.29, 1.82) is 0 Å². The van der Waals surface area contributed by atoms with Crippen molar-refractivity contribution in [3.63, 3.8) is 0 Å². The van der Waals surface area contributed by atoms with Gasteiger partial charge >= 0.3 is 0 Å². The number of aliphatic hydroxyl groups is 1. The first kappa shape index (κ1) is 25.5. The zero-order valence-electron chi connectivity index (χ0n) is 22.1. The van der Waals surface area contributed by atoms with Crippen LogP contribution in [0.1, 0.15) is 49.7 Å². The lowest BCUT2D eigenvalue weighted by Crippen LogP contribution is -2.34. The Labute approximate surface area is 228 Å². The fraction of sp³-hybridized carbons (Fsp3) is 0.333. The maximum atomic E-state index is 13.7. The van der Waals surface area contributed by atoms with Gasteiger partial charge in [-0.25, -0.2) is 0 Å². The number of carbonyl (C=O) groups excluding carboxylic acids is 2. The molecule has 6 rings (SSSR count). The molecule has 6 heteroatoms. The van der Waals surface area contributed by atoms with Crippen molar-refractivity contribution < 1.29 is 23.8 Å². The normalized spacial score (nSPS) is 24.9. The molecule has 2 fully saturated rings. The second kappa shape index (κ2) is 10.8. The Kier molecular flexibility index (Phi) is 7.07. The van der Waals surface area contributed by atoms with E-state index in [1.54, 1.807) is 6.07 Å². The van der Waals surface area contributed by atoms with E-state index in [-0.39, 0.29) is 42.3 Å². The van der Waals surface area contributed by atoms with Gasteiger partial charge < -0.3 is 14.3 Å². The molecule has 2 aromatic carbocycles. The zero-order chi connectivity index (χ0) is 26.9. The third-order valence-corrected chi connectivity index (χ3v) is 8.42. The van der Waals surface area contributed by atoms with Crippen molar-refractivity contribution in [2.45, 2.75) is 45.3 Å². The number of fused-ring (bicyclic) bond motifs is 3. The van der Waals surface area contributed by atoms with E-state index in [1.807, 2.05) is 60.7 Å². The summed E-state index contributed by atoms with van der Waals surface area (Å²) >= 11 is 0. The van der Waals surface area contributed by atoms with Crippen molar-refractivity contribution in [2.75, 3.05) is 11.5 Å². The Hall–Kier alpha value is -3.74. The van der Waals surface area contributed by atoms with Gasteiger partial charge in [0.1, 0.15) is 18.1 Å². The van der Waals surface area contributed by atoms with Crippen LogP contribution in [0.25, 0.3) is 11.6 Å². The van der Waals surface area contributed by atoms with E-state index >= 15 is 0 Å². The van der Waals surface area contributed by atoms with Crippen LogP contribution in [0.3, 0.4) is 0 Å². The summed E-state index contributed by atoms with van der Waals surface area (Å²) < 4.78 is 12.2. The van der Waals surface area contributed by atoms with Crippen LogP contribution in [-0.2, 0) is 20.9 Å². The monoisotopic (exact) mass is 523 g/mol. The predicted octanol–water partition coefficient (Wildman–Crippen LogP) is 6.02. The van der Waals surface area contributed by atoms with Crippen LogP contribution in [0.2, 0.25) is 0 Å². The summed E-state index contributed by atoms with van der Waals surface area (Å²) in [6, 6.07) is 23.1. The van der Waals surface area contributed by atoms with E-state index in [4.69, 9.17) is 9.15 Å². The topological polar surface area (TPSA) is 80.0 Å². The van der Waals surface area contributed by atoms with Gasteiger partial charge in [0.2, 0.25) is 11.8 Å². The molecule has 1 aliphatic carbocycles. The molecule has 2 aliphatic heterocycles. The molecular weight excluding hydrogens is 490 g/mol. The molecule has 1 N–H and O–H groups in total. The number of hydrogen-bond donors (Lipinski definition) is 1. The Bertz CT molecular complexity index is 1420. The summed E-state index contributed by atoms with van der Waals surface area (Å²) in [5.74, 6) is 0.314. The minimum atomic E-state index is -0.364. The van der Waals surface area contributed by atoms with Crippen molar-refractivity contribution in [2.24, 2.45) is 17.8 Å². The molecule has 2 amide bonds. The lowest BCUT2D eigenvalue weighted by atomic mass is 9.69. The number of para-hydroxylation sites is 1. The van der Waals surface area contributed by atoms with Gasteiger partial charge in [-0.2, -0.15) is 0 Å². The zero-order valence-corrected chi connectivity index (χ0v) is 22.1. The second-order valence-electron chi connectivity index (χ2n) is 10.6. The molecule has 4 atom stereocenters. The lowest BCUT2D eigenvalue weighted by Gasteiger charge is -2.31. The van der Waals surface area contributed by atoms with Gasteiger partial charge in [-0.05, 0) is 72.7 Å². The number of hydrogen-bond acceptors (Lipinski definition) is 5. The second-order valence-corrected chi connectivity index (χ2v) is 10.6. The van der Waals surface area contributed by atoms with E-state index in [9.17, 15) is 14.7 Å². The highest BCUT2D eigenvalue weighted by atomic mass is 16.5. The molecule has 3 aromatic rings. The molecule has 0 bridgehead atoms. The van der Waals surface area contributed by atoms with Crippen LogP contribution >= 0.6 is 0 Å². The summed E-state index contributed by atoms with van der Waals surface area (Å²) in [5.41, 5.74) is 5.39. The van der Waals surface area contributed by atoms with E-state index in [1.165, 1.54) is 16.0 Å². The third-order valence-electron chi connectivity index (χ3n) is 8.42. The third kappa shape index (κ3) is 4.68. The Balaban J connectivity index is 1.26. The van der Waals surface area contributed by atoms with Crippen molar-refractivity contribution in [1.82, 2.24) is 0 Å². The molecule has 0 radical (unpaired) electrons. The van der Waals surface area contributed by atoms with Crippen LogP contribution in [0, 0.1) is 17.8 Å². The largest absolute Gasteiger partial charge is 0.459 e. The van der Waals surface area contributed by atoms with E-state index in [0.717, 1.165) is 30.4 Å². The minimum Gasteiger partial charge on any atom is -0.459 e. The number of aliphatic hydroxyl groups excluding tert-OH is 1. The summed E-state index contributed by atoms with van der Waals surface area (Å²) in [4.78, 5) is 28.5. The molecule has 1 aromatic heterocycles. The first-order valence-corrected chi connectivity index (χ1v) is 13.8. The predicted molar refractivity (Wildman–Crippen MR) is 149 cm³/mol. The van der Waals surface area contributed by atoms with Gasteiger partial charge in [0.15, 0.2) is 0 Å². The maximum absolute atomic E-state index is 13.7. The number of carbonyl (C=O) groups is 2. The Morgan fingerprint density at radius 3 is 2.41 bits per heavy atom. The first-order chi connectivity index (χ1) is 19.1. The molecular formula is C33H33NO5. The van der Waals surface area contributed by atoms with Gasteiger partial charge in [0.05, 0.1) is 30.2 Å². The van der Waals surface area contributed by atoms with Crippen LogP contribution in [0.15, 0.2) is 88.4 Å². The maximum Gasteiger partial charge on any atom is 0.238 e. The number of amides is 2. The number of ether oxygens (including phenoxy) is 1. The molecule has 6 nitrogen and oxygen atoms in total. The molecule has 0 saturated carbocycles. The fourth-order valence-electron chi connectivity index (χ4n) is 6.61. The van der Waals surface area contributed by atoms with Gasteiger partial charge in [-0.3, -0.25) is 14.5 Å². The van der Waals surface area contributed by atoms with Gasteiger partial charge in [0, 0.05) is 5.92 Å². The number of nitrogens with zero attached hydrogens (tertiary/aromatic N) is 1. The number of allylic oxidation sites excluding steroid dienone is 2. The average molecular weight is 524 g/mol. The molecule has 200 valence electrons. The molecule has 3 aliphatic rings. The number of imide groups is 1. The van der Waals surface area contributed by atoms with Crippen LogP contribution in [0.5, 0.6) is 0 Å². The molecule has 0 unspecified atom stereocenters. The van der Waals surface area contributed by atoms with Crippen molar-refractivity contribution >= 4 is 29.2 Å². The van der Waals surface area contributed by atoms with E-state index in [2.05, 4.69) is 19.1 Å². The highest BCUT2D eigenvalue weighted by Gasteiger charge is 2.57. The van der Waals surface area contributed by atoms with E-state index < -0.39 is 0 Å². The van der Waals surface area contributed by atoms with Crippen molar-refractivity contribution in [3.8, 4) is 0 Å². The number of anilines is 1. The number of benzene rings is 2. The fourth-order valence-corrected chi connectivity index (χ4v) is 6.61. The molecule has 0 spiro atoms. The van der Waals surface area contributed by atoms with Crippen LogP contribution < -0.4 is 4.90 Å². The highest BCUT2D eigenvalue weighted by molar-refractivity contribution is 6.22. The summed E-state index contributed by atoms with van der Waals surface area (Å²) in [6.45, 7) is 2.47. The summed E-state index contributed by atoms with van der Waals surface area (Å²) in [7, 11) is 0. The summed E-state index contributed by atoms with van der Waals surface area (Å²) in [6.07, 6.45) is 4.94. The Morgan fingerprint density at radius 2 is 1.72 bits per heavy atom. The SMILES string of the molecule is CCC1=C2[C@@H](CC/C(=C/c3ccc(CO)o3)c3ccccc3)OC[C@@H]2[C@@H]2C(=O)N(c3ccccc3)C(=O)[C@@H]2C1. The lowest BCUT2D eigenvalue weighted by molar-refractivity contribution is -0.122. The molecule has 3 heterocycles. The Morgan fingerprint density at radius 1 is 0.974 bits per heavy atom. The van der Waals surface area contributed by atoms with Gasteiger partial charge in [-0.15, -0.1) is 0 Å². The van der Waals surface area contributed by atoms with E-state index in [0.29, 0.717) is 30.2 Å². The highest BCUT2D eigenvalue weighted by Crippen LogP contribution is 2.51. The molecule has 39 heavy (non-hydrogen) atoms. The quantitative estimate of drug-likeness (QED) is 0.288. The van der Waals surface area contributed by atoms with Crippen LogP contribution in [-0.4, -0.2) is 29.6 Å². The number of rotatable bonds is 8. The standard InChI is InChI=1S/C33H33NO5/c1-2-21-18-27-31(33(37)34(32(27)36)24-11-7-4-8-12-24)28-20-38-29(30(21)28)16-13-23(22-9-5-3-6-10-22)17-25-14-15-26(19-35)39-25/h3-12,14-15,17,27-29,31,35H,2,13,16,18-20H2,1H3/b23-17-/t27-,28+,29-,31-/m1/s1. The smallest absolute Gasteiger partial charge is 0.238 e. The molecule has 2 saturated heterocycles. The minimum absolute atomic E-state index is 0.0600. The van der Waals surface area contributed by atoms with Crippen molar-refractivity contribution in [3.05, 3.63) is 101 Å². The van der Waals surface area contributed by atoms with Crippen LogP contribution in [0.4, 0.5) is 5.69 Å².